The van der Waals surface area contributed by atoms with Crippen molar-refractivity contribution in [2.24, 2.45) is 0 Å². The summed E-state index contributed by atoms with van der Waals surface area (Å²) in [6.07, 6.45) is 7.05. The molecule has 4 heteroatoms. The molecule has 4 nitrogen and oxygen atoms in total. The van der Waals surface area contributed by atoms with Crippen LogP contribution in [0.25, 0.3) is 0 Å². The predicted octanol–water partition coefficient (Wildman–Crippen LogP) is 4.90. The molecule has 1 atom stereocenters. The molecular weight excluding hydrogens is 360 g/mol. The number of benzene rings is 2. The topological polar surface area (TPSA) is 58.2 Å². The first kappa shape index (κ1) is 21.1. The maximum Gasteiger partial charge on any atom is 0.313 e. The molecule has 0 aromatic heterocycles. The average Bonchev–Trinajstić information content (AvgIpc) is 2.76. The highest BCUT2D eigenvalue weighted by Gasteiger charge is 2.21. The van der Waals surface area contributed by atoms with Crippen molar-refractivity contribution in [2.75, 3.05) is 5.32 Å². The Morgan fingerprint density at radius 1 is 0.897 bits per heavy atom. The van der Waals surface area contributed by atoms with Gasteiger partial charge in [0.05, 0.1) is 6.04 Å². The molecule has 0 fully saturated rings. The Balaban J connectivity index is 1.72. The smallest absolute Gasteiger partial charge is 0.313 e. The van der Waals surface area contributed by atoms with Gasteiger partial charge in [-0.15, -0.1) is 0 Å². The number of carbonyl (C=O) groups is 2. The minimum Gasteiger partial charge on any atom is -0.341 e. The van der Waals surface area contributed by atoms with Crippen LogP contribution in [0, 0.1) is 0 Å². The molecule has 29 heavy (non-hydrogen) atoms. The van der Waals surface area contributed by atoms with E-state index in [1.165, 1.54) is 24.0 Å². The SMILES string of the molecule is CCc1cccc(CC)c1NC(=O)C(=O)NC(CC)c1ccc2c(c1)CCCC2. The van der Waals surface area contributed by atoms with Crippen LogP contribution >= 0.6 is 0 Å². The number of nitrogens with one attached hydrogen (secondary N) is 2. The van der Waals surface area contributed by atoms with Gasteiger partial charge in [-0.05, 0) is 72.8 Å². The number of hydrogen-bond donors (Lipinski definition) is 2. The minimum absolute atomic E-state index is 0.160. The molecule has 0 radical (unpaired) electrons. The first-order valence-electron chi connectivity index (χ1n) is 10.9. The lowest BCUT2D eigenvalue weighted by Crippen LogP contribution is -2.38. The number of carbonyl (C=O) groups excluding carboxylic acids is 2. The van der Waals surface area contributed by atoms with Gasteiger partial charge in [0.2, 0.25) is 0 Å². The van der Waals surface area contributed by atoms with Crippen molar-refractivity contribution in [3.63, 3.8) is 0 Å². The molecule has 0 heterocycles. The van der Waals surface area contributed by atoms with Crippen LogP contribution in [0.5, 0.6) is 0 Å². The summed E-state index contributed by atoms with van der Waals surface area (Å²) in [5.41, 5.74) is 6.76. The third-order valence-corrected chi connectivity index (χ3v) is 5.93. The number of para-hydroxylation sites is 1. The van der Waals surface area contributed by atoms with Gasteiger partial charge in [-0.25, -0.2) is 0 Å². The maximum atomic E-state index is 12.7. The van der Waals surface area contributed by atoms with E-state index in [9.17, 15) is 9.59 Å². The van der Waals surface area contributed by atoms with Crippen molar-refractivity contribution in [3.8, 4) is 0 Å². The normalized spacial score (nSPS) is 14.0. The highest BCUT2D eigenvalue weighted by atomic mass is 16.2. The first-order chi connectivity index (χ1) is 14.1. The lowest BCUT2D eigenvalue weighted by atomic mass is 9.89. The second-order valence-corrected chi connectivity index (χ2v) is 7.78. The standard InChI is InChI=1S/C25H32N2O2/c1-4-17-12-9-13-18(5-2)23(17)27-25(29)24(28)26-22(6-3)21-15-14-19-10-7-8-11-20(19)16-21/h9,12-16,22H,4-8,10-11H2,1-3H3,(H,26,28)(H,27,29). The molecule has 1 aliphatic carbocycles. The Bertz CT molecular complexity index is 866. The molecule has 0 saturated heterocycles. The Hall–Kier alpha value is -2.62. The molecule has 3 rings (SSSR count). The molecule has 2 N–H and O–H groups in total. The van der Waals surface area contributed by atoms with E-state index in [-0.39, 0.29) is 6.04 Å². The first-order valence-corrected chi connectivity index (χ1v) is 10.9. The molecule has 0 spiro atoms. The van der Waals surface area contributed by atoms with Gasteiger partial charge in [0.25, 0.3) is 0 Å². The van der Waals surface area contributed by atoms with Gasteiger partial charge < -0.3 is 10.6 Å². The van der Waals surface area contributed by atoms with Crippen LogP contribution in [0.2, 0.25) is 0 Å². The van der Waals surface area contributed by atoms with E-state index in [0.717, 1.165) is 54.5 Å². The highest BCUT2D eigenvalue weighted by molar-refractivity contribution is 6.39. The van der Waals surface area contributed by atoms with Crippen LogP contribution in [0.3, 0.4) is 0 Å². The summed E-state index contributed by atoms with van der Waals surface area (Å²) >= 11 is 0. The van der Waals surface area contributed by atoms with Gasteiger partial charge in [0.1, 0.15) is 0 Å². The minimum atomic E-state index is -0.600. The van der Waals surface area contributed by atoms with Gasteiger partial charge >= 0.3 is 11.8 Å². The van der Waals surface area contributed by atoms with Crippen molar-refractivity contribution < 1.29 is 9.59 Å². The quantitative estimate of drug-likeness (QED) is 0.687. The maximum absolute atomic E-state index is 12.7. The van der Waals surface area contributed by atoms with E-state index in [4.69, 9.17) is 0 Å². The molecule has 0 aliphatic heterocycles. The van der Waals surface area contributed by atoms with Gasteiger partial charge in [-0.3, -0.25) is 9.59 Å². The van der Waals surface area contributed by atoms with Crippen LogP contribution < -0.4 is 10.6 Å². The van der Waals surface area contributed by atoms with E-state index in [2.05, 4.69) is 28.8 Å². The number of fused-ring (bicyclic) bond motifs is 1. The summed E-state index contributed by atoms with van der Waals surface area (Å²) < 4.78 is 0. The fraction of sp³-hybridized carbons (Fsp3) is 0.440. The predicted molar refractivity (Wildman–Crippen MR) is 118 cm³/mol. The number of aryl methyl sites for hydroxylation is 4. The van der Waals surface area contributed by atoms with Crippen LogP contribution in [-0.2, 0) is 35.3 Å². The third kappa shape index (κ3) is 4.87. The lowest BCUT2D eigenvalue weighted by Gasteiger charge is -2.22. The van der Waals surface area contributed by atoms with E-state index >= 15 is 0 Å². The van der Waals surface area contributed by atoms with Crippen LogP contribution in [0.15, 0.2) is 36.4 Å². The van der Waals surface area contributed by atoms with Crippen molar-refractivity contribution >= 4 is 17.5 Å². The zero-order chi connectivity index (χ0) is 20.8. The Morgan fingerprint density at radius 2 is 1.55 bits per heavy atom. The largest absolute Gasteiger partial charge is 0.341 e. The summed E-state index contributed by atoms with van der Waals surface area (Å²) in [7, 11) is 0. The van der Waals surface area contributed by atoms with E-state index < -0.39 is 11.8 Å². The van der Waals surface area contributed by atoms with Crippen LogP contribution in [-0.4, -0.2) is 11.8 Å². The number of hydrogen-bond acceptors (Lipinski definition) is 2. The van der Waals surface area contributed by atoms with Crippen molar-refractivity contribution in [3.05, 3.63) is 64.2 Å². The summed E-state index contributed by atoms with van der Waals surface area (Å²) in [5, 5.41) is 5.79. The lowest BCUT2D eigenvalue weighted by molar-refractivity contribution is -0.136. The van der Waals surface area contributed by atoms with Crippen molar-refractivity contribution in [1.82, 2.24) is 5.32 Å². The zero-order valence-corrected chi connectivity index (χ0v) is 17.8. The molecule has 2 aromatic carbocycles. The van der Waals surface area contributed by atoms with E-state index in [1.807, 2.05) is 39.0 Å². The van der Waals surface area contributed by atoms with Crippen LogP contribution in [0.1, 0.15) is 73.9 Å². The highest BCUT2D eigenvalue weighted by Crippen LogP contribution is 2.26. The Labute approximate surface area is 174 Å². The molecule has 0 bridgehead atoms. The zero-order valence-electron chi connectivity index (χ0n) is 17.8. The van der Waals surface area contributed by atoms with Crippen LogP contribution in [0.4, 0.5) is 5.69 Å². The molecule has 2 amide bonds. The molecule has 1 unspecified atom stereocenters. The van der Waals surface area contributed by atoms with Gasteiger partial charge in [0, 0.05) is 5.69 Å². The fourth-order valence-electron chi connectivity index (χ4n) is 4.19. The number of anilines is 1. The molecule has 2 aromatic rings. The molecule has 0 saturated carbocycles. The Morgan fingerprint density at radius 3 is 2.17 bits per heavy atom. The Kier molecular flexibility index (Phi) is 7.08. The summed E-state index contributed by atoms with van der Waals surface area (Å²) in [4.78, 5) is 25.3. The summed E-state index contributed by atoms with van der Waals surface area (Å²) in [5.74, 6) is -1.18. The van der Waals surface area contributed by atoms with Gasteiger partial charge in [-0.2, -0.15) is 0 Å². The second kappa shape index (κ2) is 9.73. The monoisotopic (exact) mass is 392 g/mol. The average molecular weight is 393 g/mol. The molecule has 154 valence electrons. The van der Waals surface area contributed by atoms with E-state index in [0.29, 0.717) is 0 Å². The number of rotatable bonds is 6. The number of amides is 2. The van der Waals surface area contributed by atoms with E-state index in [1.54, 1.807) is 0 Å². The van der Waals surface area contributed by atoms with Gasteiger partial charge in [-0.1, -0.05) is 57.2 Å². The summed E-state index contributed by atoms with van der Waals surface area (Å²) in [6.45, 7) is 6.13. The third-order valence-electron chi connectivity index (χ3n) is 5.93. The van der Waals surface area contributed by atoms with Crippen molar-refractivity contribution in [1.29, 1.82) is 0 Å². The molecule has 1 aliphatic rings. The van der Waals surface area contributed by atoms with Crippen molar-refractivity contribution in [2.45, 2.75) is 71.8 Å². The van der Waals surface area contributed by atoms with Gasteiger partial charge in [0.15, 0.2) is 0 Å². The molecular formula is C25H32N2O2. The fourth-order valence-corrected chi connectivity index (χ4v) is 4.19. The summed E-state index contributed by atoms with van der Waals surface area (Å²) in [6, 6.07) is 12.3. The second-order valence-electron chi connectivity index (χ2n) is 7.78.